The maximum Gasteiger partial charge on any atom is 0.335 e. The van der Waals surface area contributed by atoms with Gasteiger partial charge >= 0.3 is 5.92 Å². The zero-order valence-electron chi connectivity index (χ0n) is 8.63. The summed E-state index contributed by atoms with van der Waals surface area (Å²) in [7, 11) is 0. The number of aromatic hydroxyl groups is 1. The highest BCUT2D eigenvalue weighted by Crippen LogP contribution is 2.39. The van der Waals surface area contributed by atoms with Gasteiger partial charge in [0.2, 0.25) is 5.78 Å². The van der Waals surface area contributed by atoms with Gasteiger partial charge in [-0.1, -0.05) is 13.0 Å². The van der Waals surface area contributed by atoms with Crippen LogP contribution in [0.15, 0.2) is 18.2 Å². The predicted molar refractivity (Wildman–Crippen MR) is 55.4 cm³/mol. The van der Waals surface area contributed by atoms with Crippen LogP contribution < -0.4 is 0 Å². The average molecular weight is 224 g/mol. The fraction of sp³-hybridized carbons (Fsp3) is 0.250. The van der Waals surface area contributed by atoms with E-state index in [-0.39, 0.29) is 5.75 Å². The maximum atomic E-state index is 13.6. The van der Waals surface area contributed by atoms with Crippen LogP contribution in [-0.4, -0.2) is 10.9 Å². The lowest BCUT2D eigenvalue weighted by Crippen LogP contribution is -2.28. The normalized spacial score (nSPS) is 17.3. The standard InChI is InChI=1S/C12H10F2O2/c1-2-7-5-8(15)6-10-9(7)3-4-11(16)12(10,13)14/h3-6,15H,2H2,1H3. The zero-order valence-corrected chi connectivity index (χ0v) is 8.63. The Morgan fingerprint density at radius 3 is 2.62 bits per heavy atom. The summed E-state index contributed by atoms with van der Waals surface area (Å²) in [6.07, 6.45) is 2.79. The molecule has 0 saturated heterocycles. The molecule has 1 aromatic rings. The molecule has 0 spiro atoms. The fourth-order valence-corrected chi connectivity index (χ4v) is 1.84. The van der Waals surface area contributed by atoms with Gasteiger partial charge in [0, 0.05) is 5.56 Å². The summed E-state index contributed by atoms with van der Waals surface area (Å²) < 4.78 is 27.2. The predicted octanol–water partition coefficient (Wildman–Crippen LogP) is 2.64. The topological polar surface area (TPSA) is 37.3 Å². The Bertz CT molecular complexity index is 490. The number of benzene rings is 1. The number of allylic oxidation sites excluding steroid dienone is 1. The van der Waals surface area contributed by atoms with Gasteiger partial charge in [0.15, 0.2) is 0 Å². The minimum absolute atomic E-state index is 0.238. The van der Waals surface area contributed by atoms with Crippen LogP contribution in [0.4, 0.5) is 8.78 Å². The molecule has 2 nitrogen and oxygen atoms in total. The summed E-state index contributed by atoms with van der Waals surface area (Å²) in [4.78, 5) is 11.1. The summed E-state index contributed by atoms with van der Waals surface area (Å²) in [6.45, 7) is 1.80. The van der Waals surface area contributed by atoms with E-state index in [1.54, 1.807) is 6.92 Å². The van der Waals surface area contributed by atoms with Gasteiger partial charge < -0.3 is 5.11 Å². The van der Waals surface area contributed by atoms with Gasteiger partial charge in [-0.3, -0.25) is 4.79 Å². The number of phenolic OH excluding ortho intramolecular Hbond substituents is 1. The molecule has 4 heteroatoms. The van der Waals surface area contributed by atoms with E-state index in [9.17, 15) is 18.7 Å². The maximum absolute atomic E-state index is 13.6. The van der Waals surface area contributed by atoms with Crippen LogP contribution in [0.3, 0.4) is 0 Å². The quantitative estimate of drug-likeness (QED) is 0.796. The summed E-state index contributed by atoms with van der Waals surface area (Å²) in [5.41, 5.74) is 0.542. The molecule has 16 heavy (non-hydrogen) atoms. The highest BCUT2D eigenvalue weighted by molar-refractivity contribution is 6.03. The molecule has 0 aliphatic heterocycles. The first-order valence-corrected chi connectivity index (χ1v) is 4.93. The number of fused-ring (bicyclic) bond motifs is 1. The van der Waals surface area contributed by atoms with E-state index in [4.69, 9.17) is 0 Å². The smallest absolute Gasteiger partial charge is 0.335 e. The molecule has 0 fully saturated rings. The number of hydrogen-bond donors (Lipinski definition) is 1. The summed E-state index contributed by atoms with van der Waals surface area (Å²) in [5, 5.41) is 9.35. The van der Waals surface area contributed by atoms with Crippen molar-refractivity contribution in [1.82, 2.24) is 0 Å². The molecule has 84 valence electrons. The van der Waals surface area contributed by atoms with Gasteiger partial charge in [0.25, 0.3) is 0 Å². The van der Waals surface area contributed by atoms with Crippen molar-refractivity contribution < 1.29 is 18.7 Å². The van der Waals surface area contributed by atoms with E-state index in [2.05, 4.69) is 0 Å². The molecule has 2 rings (SSSR count). The van der Waals surface area contributed by atoms with Gasteiger partial charge in [0.1, 0.15) is 5.75 Å². The van der Waals surface area contributed by atoms with Crippen molar-refractivity contribution in [2.24, 2.45) is 0 Å². The molecular formula is C12H10F2O2. The highest BCUT2D eigenvalue weighted by Gasteiger charge is 2.43. The minimum Gasteiger partial charge on any atom is -0.508 e. The van der Waals surface area contributed by atoms with Crippen LogP contribution in [-0.2, 0) is 17.1 Å². The number of alkyl halides is 2. The second-order valence-electron chi connectivity index (χ2n) is 3.69. The largest absolute Gasteiger partial charge is 0.508 e. The molecule has 0 unspecified atom stereocenters. The molecular weight excluding hydrogens is 214 g/mol. The van der Waals surface area contributed by atoms with Crippen molar-refractivity contribution in [1.29, 1.82) is 0 Å². The molecule has 1 N–H and O–H groups in total. The van der Waals surface area contributed by atoms with E-state index in [1.807, 2.05) is 0 Å². The molecule has 1 aliphatic carbocycles. The molecule has 1 aliphatic rings. The number of aryl methyl sites for hydroxylation is 1. The van der Waals surface area contributed by atoms with E-state index >= 15 is 0 Å². The van der Waals surface area contributed by atoms with Crippen molar-refractivity contribution in [3.63, 3.8) is 0 Å². The molecule has 1 aromatic carbocycles. The van der Waals surface area contributed by atoms with Crippen molar-refractivity contribution in [2.75, 3.05) is 0 Å². The van der Waals surface area contributed by atoms with Crippen molar-refractivity contribution in [3.8, 4) is 5.75 Å². The third-order valence-corrected chi connectivity index (χ3v) is 2.68. The van der Waals surface area contributed by atoms with Crippen LogP contribution in [0.5, 0.6) is 5.75 Å². The number of carbonyl (C=O) groups excluding carboxylic acids is 1. The van der Waals surface area contributed by atoms with Gasteiger partial charge in [-0.25, -0.2) is 0 Å². The zero-order chi connectivity index (χ0) is 11.9. The Kier molecular flexibility index (Phi) is 2.30. The summed E-state index contributed by atoms with van der Waals surface area (Å²) in [5.74, 6) is -5.02. The van der Waals surface area contributed by atoms with Crippen molar-refractivity contribution >= 4 is 11.9 Å². The molecule has 0 amide bonds. The number of halogens is 2. The highest BCUT2D eigenvalue weighted by atomic mass is 19.3. The lowest BCUT2D eigenvalue weighted by atomic mass is 9.88. The lowest BCUT2D eigenvalue weighted by Gasteiger charge is -2.22. The Hall–Kier alpha value is -1.71. The molecule has 0 heterocycles. The average Bonchev–Trinajstić information content (AvgIpc) is 2.23. The van der Waals surface area contributed by atoms with Crippen LogP contribution in [0.2, 0.25) is 0 Å². The third kappa shape index (κ3) is 1.41. The Labute approximate surface area is 91.2 Å². The van der Waals surface area contributed by atoms with Gasteiger partial charge in [0.05, 0.1) is 0 Å². The van der Waals surface area contributed by atoms with Crippen molar-refractivity contribution in [2.45, 2.75) is 19.3 Å². The Morgan fingerprint density at radius 1 is 1.31 bits per heavy atom. The van der Waals surface area contributed by atoms with E-state index in [1.165, 1.54) is 12.1 Å². The number of phenols is 1. The van der Waals surface area contributed by atoms with E-state index in [0.29, 0.717) is 17.5 Å². The molecule has 0 saturated carbocycles. The second kappa shape index (κ2) is 3.40. The number of rotatable bonds is 1. The second-order valence-corrected chi connectivity index (χ2v) is 3.69. The number of hydrogen-bond acceptors (Lipinski definition) is 2. The Balaban J connectivity index is 2.74. The van der Waals surface area contributed by atoms with Gasteiger partial charge in [-0.05, 0) is 35.8 Å². The van der Waals surface area contributed by atoms with Crippen molar-refractivity contribution in [3.05, 3.63) is 34.9 Å². The summed E-state index contributed by atoms with van der Waals surface area (Å²) >= 11 is 0. The first-order valence-electron chi connectivity index (χ1n) is 4.93. The van der Waals surface area contributed by atoms with Crippen LogP contribution in [0.1, 0.15) is 23.6 Å². The third-order valence-electron chi connectivity index (χ3n) is 2.68. The van der Waals surface area contributed by atoms with Crippen LogP contribution in [0, 0.1) is 0 Å². The van der Waals surface area contributed by atoms with Gasteiger partial charge in [-0.2, -0.15) is 8.78 Å². The van der Waals surface area contributed by atoms with Gasteiger partial charge in [-0.15, -0.1) is 0 Å². The van der Waals surface area contributed by atoms with Crippen LogP contribution >= 0.6 is 0 Å². The molecule has 0 atom stereocenters. The number of carbonyl (C=O) groups is 1. The monoisotopic (exact) mass is 224 g/mol. The lowest BCUT2D eigenvalue weighted by molar-refractivity contribution is -0.139. The molecule has 0 radical (unpaired) electrons. The first kappa shape index (κ1) is 10.8. The SMILES string of the molecule is CCc1cc(O)cc2c1C=CC(=O)C2(F)F. The minimum atomic E-state index is -3.53. The van der Waals surface area contributed by atoms with Crippen LogP contribution in [0.25, 0.3) is 6.08 Å². The molecule has 0 bridgehead atoms. The van der Waals surface area contributed by atoms with E-state index in [0.717, 1.165) is 12.1 Å². The van der Waals surface area contributed by atoms with E-state index < -0.39 is 17.3 Å². The Morgan fingerprint density at radius 2 is 2.00 bits per heavy atom. The molecule has 0 aromatic heterocycles. The summed E-state index contributed by atoms with van der Waals surface area (Å²) in [6, 6.07) is 2.39. The fourth-order valence-electron chi connectivity index (χ4n) is 1.84. The number of ketones is 1. The first-order chi connectivity index (χ1) is 7.46.